The standard InChI is InChI=1S/C24H27N3O3S/c1-25-16-20(19-6-2-3-7-21(19)25)23(29)26-10-8-24(9-11-26)17-27(12-13-30-24)22(28)15-18-5-4-14-31-18/h2-7,14,16H,8-13,15,17H2,1H3. The third kappa shape index (κ3) is 3.88. The second kappa shape index (κ2) is 8.13. The Bertz CT molecular complexity index is 1100. The van der Waals surface area contributed by atoms with Gasteiger partial charge in [-0.05, 0) is 30.4 Å². The maximum Gasteiger partial charge on any atom is 0.256 e. The predicted octanol–water partition coefficient (Wildman–Crippen LogP) is 3.32. The van der Waals surface area contributed by atoms with E-state index in [-0.39, 0.29) is 17.4 Å². The SMILES string of the molecule is Cn1cc(C(=O)N2CCC3(CC2)CN(C(=O)Cc2cccs2)CCO3)c2ccccc21. The van der Waals surface area contributed by atoms with Crippen LogP contribution in [0.2, 0.25) is 0 Å². The molecule has 0 N–H and O–H groups in total. The van der Waals surface area contributed by atoms with E-state index in [0.717, 1.165) is 34.2 Å². The molecule has 0 saturated carbocycles. The summed E-state index contributed by atoms with van der Waals surface area (Å²) in [6.07, 6.45) is 3.90. The summed E-state index contributed by atoms with van der Waals surface area (Å²) in [5.41, 5.74) is 1.49. The van der Waals surface area contributed by atoms with E-state index >= 15 is 0 Å². The Morgan fingerprint density at radius 1 is 1.06 bits per heavy atom. The number of carbonyl (C=O) groups excluding carboxylic acids is 2. The zero-order valence-electron chi connectivity index (χ0n) is 17.8. The van der Waals surface area contributed by atoms with Crippen LogP contribution in [0, 0.1) is 0 Å². The molecule has 2 saturated heterocycles. The van der Waals surface area contributed by atoms with Crippen molar-refractivity contribution >= 4 is 34.1 Å². The molecule has 2 aliphatic rings. The van der Waals surface area contributed by atoms with Crippen LogP contribution in [0.5, 0.6) is 0 Å². The lowest BCUT2D eigenvalue weighted by Crippen LogP contribution is -2.58. The number of hydrogen-bond acceptors (Lipinski definition) is 4. The molecule has 7 heteroatoms. The van der Waals surface area contributed by atoms with Crippen molar-refractivity contribution < 1.29 is 14.3 Å². The fourth-order valence-corrected chi connectivity index (χ4v) is 5.53. The number of hydrogen-bond donors (Lipinski definition) is 0. The molecule has 6 nitrogen and oxygen atoms in total. The van der Waals surface area contributed by atoms with Gasteiger partial charge in [0.05, 0.1) is 24.2 Å². The second-order valence-electron chi connectivity index (χ2n) is 8.57. The van der Waals surface area contributed by atoms with Crippen LogP contribution < -0.4 is 0 Å². The molecule has 2 aliphatic heterocycles. The molecule has 0 unspecified atom stereocenters. The van der Waals surface area contributed by atoms with Crippen molar-refractivity contribution in [3.63, 3.8) is 0 Å². The van der Waals surface area contributed by atoms with Gasteiger partial charge in [-0.15, -0.1) is 11.3 Å². The van der Waals surface area contributed by atoms with Crippen molar-refractivity contribution in [1.82, 2.24) is 14.4 Å². The highest BCUT2D eigenvalue weighted by atomic mass is 32.1. The molecule has 1 spiro atoms. The topological polar surface area (TPSA) is 54.8 Å². The largest absolute Gasteiger partial charge is 0.371 e. The van der Waals surface area contributed by atoms with Gasteiger partial charge in [-0.25, -0.2) is 0 Å². The third-order valence-corrected chi connectivity index (χ3v) is 7.47. The van der Waals surface area contributed by atoms with Gasteiger partial charge >= 0.3 is 0 Å². The molecule has 162 valence electrons. The highest BCUT2D eigenvalue weighted by Crippen LogP contribution is 2.32. The highest BCUT2D eigenvalue weighted by molar-refractivity contribution is 7.10. The maximum atomic E-state index is 13.3. The van der Waals surface area contributed by atoms with Crippen molar-refractivity contribution in [2.45, 2.75) is 24.9 Å². The van der Waals surface area contributed by atoms with Crippen LogP contribution in [0.4, 0.5) is 0 Å². The molecule has 2 aromatic heterocycles. The highest BCUT2D eigenvalue weighted by Gasteiger charge is 2.42. The van der Waals surface area contributed by atoms with E-state index in [1.165, 1.54) is 0 Å². The predicted molar refractivity (Wildman–Crippen MR) is 121 cm³/mol. The molecular weight excluding hydrogens is 410 g/mol. The molecule has 4 heterocycles. The monoisotopic (exact) mass is 437 g/mol. The first kappa shape index (κ1) is 20.3. The first-order valence-corrected chi connectivity index (χ1v) is 11.7. The van der Waals surface area contributed by atoms with Crippen molar-refractivity contribution in [2.24, 2.45) is 7.05 Å². The molecule has 5 rings (SSSR count). The Morgan fingerprint density at radius 2 is 1.87 bits per heavy atom. The third-order valence-electron chi connectivity index (χ3n) is 6.60. The van der Waals surface area contributed by atoms with Crippen LogP contribution in [-0.4, -0.2) is 64.6 Å². The summed E-state index contributed by atoms with van der Waals surface area (Å²) < 4.78 is 8.21. The fraction of sp³-hybridized carbons (Fsp3) is 0.417. The minimum atomic E-state index is -0.334. The molecular formula is C24H27N3O3S. The number of para-hydroxylation sites is 1. The number of nitrogens with zero attached hydrogens (tertiary/aromatic N) is 3. The molecule has 2 amide bonds. The van der Waals surface area contributed by atoms with Gasteiger partial charge in [0, 0.05) is 55.2 Å². The van der Waals surface area contributed by atoms with Gasteiger partial charge in [0.2, 0.25) is 5.91 Å². The second-order valence-corrected chi connectivity index (χ2v) is 9.60. The van der Waals surface area contributed by atoms with E-state index in [9.17, 15) is 9.59 Å². The Hall–Kier alpha value is -2.64. The number of aryl methyl sites for hydroxylation is 1. The van der Waals surface area contributed by atoms with Crippen LogP contribution >= 0.6 is 11.3 Å². The average molecular weight is 438 g/mol. The number of thiophene rings is 1. The summed E-state index contributed by atoms with van der Waals surface area (Å²) >= 11 is 1.62. The maximum absolute atomic E-state index is 13.3. The van der Waals surface area contributed by atoms with Gasteiger partial charge in [0.15, 0.2) is 0 Å². The summed E-state index contributed by atoms with van der Waals surface area (Å²) in [6.45, 7) is 3.12. The Morgan fingerprint density at radius 3 is 2.65 bits per heavy atom. The van der Waals surface area contributed by atoms with E-state index in [4.69, 9.17) is 4.74 Å². The molecule has 0 radical (unpaired) electrons. The van der Waals surface area contributed by atoms with Crippen LogP contribution in [0.25, 0.3) is 10.9 Å². The number of benzene rings is 1. The lowest BCUT2D eigenvalue weighted by molar-refractivity contribution is -0.157. The number of carbonyl (C=O) groups is 2. The molecule has 2 fully saturated rings. The minimum Gasteiger partial charge on any atom is -0.371 e. The van der Waals surface area contributed by atoms with E-state index in [0.29, 0.717) is 39.2 Å². The molecule has 0 atom stereocenters. The van der Waals surface area contributed by atoms with Crippen LogP contribution in [0.15, 0.2) is 48.0 Å². The smallest absolute Gasteiger partial charge is 0.256 e. The van der Waals surface area contributed by atoms with Gasteiger partial charge in [0.1, 0.15) is 0 Å². The summed E-state index contributed by atoms with van der Waals surface area (Å²) in [5, 5.41) is 3.00. The van der Waals surface area contributed by atoms with Crippen molar-refractivity contribution in [1.29, 1.82) is 0 Å². The number of fused-ring (bicyclic) bond motifs is 1. The first-order valence-electron chi connectivity index (χ1n) is 10.8. The number of amides is 2. The minimum absolute atomic E-state index is 0.0769. The normalized spacial score (nSPS) is 18.6. The number of ether oxygens (including phenoxy) is 1. The first-order chi connectivity index (χ1) is 15.0. The number of piperidine rings is 1. The Kier molecular flexibility index (Phi) is 5.32. The lowest BCUT2D eigenvalue weighted by Gasteiger charge is -2.47. The lowest BCUT2D eigenvalue weighted by atomic mass is 9.89. The van der Waals surface area contributed by atoms with Crippen molar-refractivity contribution in [3.05, 3.63) is 58.4 Å². The van der Waals surface area contributed by atoms with Gasteiger partial charge < -0.3 is 19.1 Å². The van der Waals surface area contributed by atoms with E-state index < -0.39 is 0 Å². The van der Waals surface area contributed by atoms with E-state index in [1.807, 2.05) is 69.4 Å². The quantitative estimate of drug-likeness (QED) is 0.632. The van der Waals surface area contributed by atoms with Gasteiger partial charge in [-0.3, -0.25) is 9.59 Å². The summed E-state index contributed by atoms with van der Waals surface area (Å²) in [4.78, 5) is 31.0. The summed E-state index contributed by atoms with van der Waals surface area (Å²) in [5.74, 6) is 0.243. The van der Waals surface area contributed by atoms with E-state index in [1.54, 1.807) is 11.3 Å². The van der Waals surface area contributed by atoms with Crippen molar-refractivity contribution in [2.75, 3.05) is 32.8 Å². The van der Waals surface area contributed by atoms with Crippen molar-refractivity contribution in [3.8, 4) is 0 Å². The summed E-state index contributed by atoms with van der Waals surface area (Å²) in [6, 6.07) is 12.0. The van der Waals surface area contributed by atoms with Crippen LogP contribution in [0.1, 0.15) is 28.1 Å². The molecule has 3 aromatic rings. The zero-order chi connectivity index (χ0) is 21.4. The average Bonchev–Trinajstić information content (AvgIpc) is 3.42. The van der Waals surface area contributed by atoms with Crippen LogP contribution in [-0.2, 0) is 23.0 Å². The van der Waals surface area contributed by atoms with Gasteiger partial charge in [-0.1, -0.05) is 24.3 Å². The fourth-order valence-electron chi connectivity index (χ4n) is 4.83. The van der Waals surface area contributed by atoms with Crippen LogP contribution in [0.3, 0.4) is 0 Å². The van der Waals surface area contributed by atoms with Gasteiger partial charge in [0.25, 0.3) is 5.91 Å². The number of morpholine rings is 1. The molecule has 1 aromatic carbocycles. The Balaban J connectivity index is 1.25. The summed E-state index contributed by atoms with van der Waals surface area (Å²) in [7, 11) is 1.97. The number of likely N-dealkylation sites (tertiary alicyclic amines) is 1. The zero-order valence-corrected chi connectivity index (χ0v) is 18.6. The van der Waals surface area contributed by atoms with E-state index in [2.05, 4.69) is 0 Å². The Labute approximate surface area is 186 Å². The molecule has 31 heavy (non-hydrogen) atoms. The van der Waals surface area contributed by atoms with Gasteiger partial charge in [-0.2, -0.15) is 0 Å². The molecule has 0 bridgehead atoms. The molecule has 0 aliphatic carbocycles. The number of rotatable bonds is 3. The number of aromatic nitrogens is 1.